The molecule has 0 aliphatic carbocycles. The summed E-state index contributed by atoms with van der Waals surface area (Å²) in [5.74, 6) is 0. The number of oxime groups is 1. The third-order valence-electron chi connectivity index (χ3n) is 2.04. The molecule has 0 saturated carbocycles. The quantitative estimate of drug-likeness (QED) is 0.625. The van der Waals surface area contributed by atoms with E-state index in [9.17, 15) is 0 Å². The van der Waals surface area contributed by atoms with Gasteiger partial charge in [0.15, 0.2) is 11.6 Å². The van der Waals surface area contributed by atoms with Gasteiger partial charge in [0.25, 0.3) is 5.71 Å². The van der Waals surface area contributed by atoms with Gasteiger partial charge in [0.2, 0.25) is 0 Å². The molecular weight excluding hydrogens is 262 g/mol. The van der Waals surface area contributed by atoms with E-state index in [1.165, 1.54) is 11.3 Å². The van der Waals surface area contributed by atoms with Gasteiger partial charge in [0.1, 0.15) is 17.1 Å². The molecule has 0 unspecified atom stereocenters. The Morgan fingerprint density at radius 1 is 1.21 bits per heavy atom. The number of nitriles is 2. The van der Waals surface area contributed by atoms with Crippen molar-refractivity contribution in [2.75, 3.05) is 0 Å². The van der Waals surface area contributed by atoms with Crippen LogP contribution in [0.15, 0.2) is 35.5 Å². The maximum Gasteiger partial charge on any atom is 0.256 e. The molecule has 0 aliphatic heterocycles. The lowest BCUT2D eigenvalue weighted by Crippen LogP contribution is -1.92. The van der Waals surface area contributed by atoms with Crippen LogP contribution in [-0.4, -0.2) is 15.9 Å². The predicted octanol–water partition coefficient (Wildman–Crippen LogP) is 2.12. The molecule has 2 rings (SSSR count). The maximum absolute atomic E-state index is 8.47. The van der Waals surface area contributed by atoms with Crippen molar-refractivity contribution in [3.63, 3.8) is 0 Å². The minimum absolute atomic E-state index is 0.0807. The van der Waals surface area contributed by atoms with E-state index in [1.807, 2.05) is 30.3 Å². The first-order chi connectivity index (χ1) is 9.33. The third-order valence-corrected chi connectivity index (χ3v) is 2.99. The second-order valence-corrected chi connectivity index (χ2v) is 4.37. The highest BCUT2D eigenvalue weighted by atomic mass is 32.1. The summed E-state index contributed by atoms with van der Waals surface area (Å²) in [7, 11) is 0. The molecule has 1 aromatic heterocycles. The zero-order chi connectivity index (χ0) is 13.5. The molecule has 0 bridgehead atoms. The molecule has 92 valence electrons. The monoisotopic (exact) mass is 269 g/mol. The molecule has 1 heterocycles. The molecule has 0 aliphatic rings. The van der Waals surface area contributed by atoms with Crippen molar-refractivity contribution in [2.45, 2.75) is 6.61 Å². The second-order valence-electron chi connectivity index (χ2n) is 3.30. The van der Waals surface area contributed by atoms with Crippen molar-refractivity contribution in [1.29, 1.82) is 10.5 Å². The summed E-state index contributed by atoms with van der Waals surface area (Å²) in [6.45, 7) is 0.0807. The summed E-state index contributed by atoms with van der Waals surface area (Å²) >= 11 is 1.37. The van der Waals surface area contributed by atoms with Crippen molar-refractivity contribution in [1.82, 2.24) is 10.2 Å². The average molecular weight is 269 g/mol. The highest BCUT2D eigenvalue weighted by Gasteiger charge is 2.06. The van der Waals surface area contributed by atoms with Crippen molar-refractivity contribution >= 4 is 17.0 Å². The molecule has 19 heavy (non-hydrogen) atoms. The van der Waals surface area contributed by atoms with Crippen LogP contribution in [-0.2, 0) is 11.4 Å². The molecule has 0 amide bonds. The van der Waals surface area contributed by atoms with Crippen LogP contribution in [0.3, 0.4) is 0 Å². The van der Waals surface area contributed by atoms with Gasteiger partial charge >= 0.3 is 0 Å². The molecule has 0 saturated heterocycles. The molecule has 2 aromatic rings. The Morgan fingerprint density at radius 3 is 2.63 bits per heavy atom. The van der Waals surface area contributed by atoms with E-state index in [-0.39, 0.29) is 12.3 Å². The average Bonchev–Trinajstić information content (AvgIpc) is 2.93. The number of hydrogen-bond acceptors (Lipinski definition) is 7. The number of benzene rings is 1. The minimum Gasteiger partial charge on any atom is -0.387 e. The van der Waals surface area contributed by atoms with Crippen molar-refractivity contribution in [3.05, 3.63) is 35.3 Å². The molecule has 1 aromatic carbocycles. The SMILES string of the molecule is N#CC(C#N)=NOCc1nnc(-c2ccccc2)s1. The van der Waals surface area contributed by atoms with Crippen LogP contribution < -0.4 is 0 Å². The fourth-order valence-corrected chi connectivity index (χ4v) is 1.98. The van der Waals surface area contributed by atoms with E-state index in [0.29, 0.717) is 5.01 Å². The summed E-state index contributed by atoms with van der Waals surface area (Å²) in [5, 5.41) is 29.7. The summed E-state index contributed by atoms with van der Waals surface area (Å²) < 4.78 is 0. The van der Waals surface area contributed by atoms with Crippen LogP contribution in [0.1, 0.15) is 5.01 Å². The van der Waals surface area contributed by atoms with Gasteiger partial charge in [-0.05, 0) is 0 Å². The smallest absolute Gasteiger partial charge is 0.256 e. The lowest BCUT2D eigenvalue weighted by atomic mass is 10.2. The molecule has 7 heteroatoms. The Balaban J connectivity index is 2.02. The topological polar surface area (TPSA) is 95.0 Å². The van der Waals surface area contributed by atoms with E-state index < -0.39 is 0 Å². The molecule has 0 radical (unpaired) electrons. The molecule has 0 spiro atoms. The lowest BCUT2D eigenvalue weighted by Gasteiger charge is -1.93. The van der Waals surface area contributed by atoms with Crippen LogP contribution in [0.2, 0.25) is 0 Å². The summed E-state index contributed by atoms with van der Waals surface area (Å²) in [5.41, 5.74) is 0.650. The highest BCUT2D eigenvalue weighted by molar-refractivity contribution is 7.14. The number of hydrogen-bond donors (Lipinski definition) is 0. The van der Waals surface area contributed by atoms with Gasteiger partial charge in [0.05, 0.1) is 0 Å². The number of aromatic nitrogens is 2. The van der Waals surface area contributed by atoms with Crippen molar-refractivity contribution < 1.29 is 4.84 Å². The van der Waals surface area contributed by atoms with Gasteiger partial charge in [0, 0.05) is 5.56 Å². The van der Waals surface area contributed by atoms with Gasteiger partial charge in [-0.3, -0.25) is 0 Å². The van der Waals surface area contributed by atoms with Crippen LogP contribution in [0, 0.1) is 22.7 Å². The first-order valence-electron chi connectivity index (χ1n) is 5.21. The van der Waals surface area contributed by atoms with Gasteiger partial charge in [-0.25, -0.2) is 0 Å². The summed E-state index contributed by atoms with van der Waals surface area (Å²) in [6.07, 6.45) is 0. The molecule has 6 nitrogen and oxygen atoms in total. The third kappa shape index (κ3) is 3.35. The fourth-order valence-electron chi connectivity index (χ4n) is 1.23. The minimum atomic E-state index is -0.326. The van der Waals surface area contributed by atoms with E-state index in [0.717, 1.165) is 10.6 Å². The first kappa shape index (κ1) is 12.7. The van der Waals surface area contributed by atoms with Gasteiger partial charge in [-0.15, -0.1) is 10.2 Å². The Labute approximate surface area is 113 Å². The number of nitrogens with zero attached hydrogens (tertiary/aromatic N) is 5. The molecular formula is C12H7N5OS. The Kier molecular flexibility index (Phi) is 4.17. The highest BCUT2D eigenvalue weighted by Crippen LogP contribution is 2.23. The predicted molar refractivity (Wildman–Crippen MR) is 68.8 cm³/mol. The number of rotatable bonds is 4. The lowest BCUT2D eigenvalue weighted by molar-refractivity contribution is 0.130. The zero-order valence-corrected chi connectivity index (χ0v) is 10.5. The van der Waals surface area contributed by atoms with Crippen LogP contribution in [0.4, 0.5) is 0 Å². The molecule has 0 N–H and O–H groups in total. The summed E-state index contributed by atoms with van der Waals surface area (Å²) in [6, 6.07) is 12.8. The largest absolute Gasteiger partial charge is 0.387 e. The van der Waals surface area contributed by atoms with Gasteiger partial charge in [-0.1, -0.05) is 46.8 Å². The normalized spacial score (nSPS) is 9.16. The first-order valence-corrected chi connectivity index (χ1v) is 6.03. The Hall–Kier alpha value is -2.77. The van der Waals surface area contributed by atoms with Crippen LogP contribution in [0.5, 0.6) is 0 Å². The van der Waals surface area contributed by atoms with Crippen LogP contribution in [0.25, 0.3) is 10.6 Å². The second kappa shape index (κ2) is 6.24. The standard InChI is InChI=1S/C12H7N5OS/c13-6-10(7-14)17-18-8-11-15-16-12(19-11)9-4-2-1-3-5-9/h1-5H,8H2. The van der Waals surface area contributed by atoms with Gasteiger partial charge in [-0.2, -0.15) is 10.5 Å². The Morgan fingerprint density at radius 2 is 1.95 bits per heavy atom. The van der Waals surface area contributed by atoms with Gasteiger partial charge < -0.3 is 4.84 Å². The molecule has 0 fully saturated rings. The summed E-state index contributed by atoms with van der Waals surface area (Å²) in [4.78, 5) is 4.86. The zero-order valence-electron chi connectivity index (χ0n) is 9.65. The maximum atomic E-state index is 8.47. The van der Waals surface area contributed by atoms with Crippen molar-refractivity contribution in [2.24, 2.45) is 5.16 Å². The van der Waals surface area contributed by atoms with E-state index in [4.69, 9.17) is 15.4 Å². The van der Waals surface area contributed by atoms with E-state index >= 15 is 0 Å². The fraction of sp³-hybridized carbons (Fsp3) is 0.0833. The van der Waals surface area contributed by atoms with Crippen molar-refractivity contribution in [3.8, 4) is 22.7 Å². The van der Waals surface area contributed by atoms with E-state index in [2.05, 4.69) is 15.4 Å². The van der Waals surface area contributed by atoms with E-state index in [1.54, 1.807) is 12.1 Å². The van der Waals surface area contributed by atoms with Crippen LogP contribution >= 0.6 is 11.3 Å². The Bertz CT molecular complexity index is 649. The molecule has 0 atom stereocenters.